The van der Waals surface area contributed by atoms with Crippen LogP contribution in [0.15, 0.2) is 12.8 Å². The van der Waals surface area contributed by atoms with Crippen molar-refractivity contribution in [2.75, 3.05) is 19.8 Å². The molecule has 2 N–H and O–H groups in total. The topological polar surface area (TPSA) is 119 Å². The third kappa shape index (κ3) is 9.76. The highest BCUT2D eigenvalue weighted by molar-refractivity contribution is 5.90. The van der Waals surface area contributed by atoms with Gasteiger partial charge in [0.2, 0.25) is 0 Å². The molecule has 8 nitrogen and oxygen atoms in total. The van der Waals surface area contributed by atoms with Crippen LogP contribution in [0.4, 0.5) is 0 Å². The molecule has 0 heterocycles. The number of hydrogen-bond acceptors (Lipinski definition) is 8. The van der Waals surface area contributed by atoms with Crippen molar-refractivity contribution >= 4 is 17.9 Å². The SMILES string of the molecule is C=CO.CCOC(=O)CC(O)(CC(=O)OCC)C(=O)OCC. The second-order valence-electron chi connectivity index (χ2n) is 3.90. The molecule has 0 radical (unpaired) electrons. The Labute approximate surface area is 129 Å². The van der Waals surface area contributed by atoms with Crippen LogP contribution in [0.25, 0.3) is 0 Å². The fourth-order valence-electron chi connectivity index (χ4n) is 1.37. The van der Waals surface area contributed by atoms with Crippen LogP contribution in [0.3, 0.4) is 0 Å². The minimum Gasteiger partial charge on any atom is -0.516 e. The Kier molecular flexibility index (Phi) is 12.7. The molecule has 8 heteroatoms. The van der Waals surface area contributed by atoms with Crippen LogP contribution in [0.5, 0.6) is 0 Å². The second kappa shape index (κ2) is 12.6. The molecule has 22 heavy (non-hydrogen) atoms. The standard InChI is InChI=1S/C12H20O7.C2H4O/c1-4-17-9(13)7-12(16,11(15)19-6-3)8-10(14)18-5-2;1-2-3/h16H,4-8H2,1-3H3;2-3H,1H2. The van der Waals surface area contributed by atoms with Crippen LogP contribution in [-0.4, -0.2) is 53.5 Å². The summed E-state index contributed by atoms with van der Waals surface area (Å²) in [6.45, 7) is 7.88. The van der Waals surface area contributed by atoms with Crippen molar-refractivity contribution in [2.45, 2.75) is 39.2 Å². The number of carbonyl (C=O) groups excluding carboxylic acids is 3. The Hall–Kier alpha value is -2.09. The maximum atomic E-state index is 11.7. The van der Waals surface area contributed by atoms with E-state index in [0.717, 1.165) is 6.26 Å². The molecule has 0 amide bonds. The van der Waals surface area contributed by atoms with E-state index in [1.165, 1.54) is 0 Å². The van der Waals surface area contributed by atoms with Gasteiger partial charge in [-0.05, 0) is 20.8 Å². The smallest absolute Gasteiger partial charge is 0.339 e. The normalized spacial score (nSPS) is 9.82. The molecule has 0 saturated heterocycles. The first-order valence-electron chi connectivity index (χ1n) is 6.77. The fourth-order valence-corrected chi connectivity index (χ4v) is 1.37. The van der Waals surface area contributed by atoms with Crippen molar-refractivity contribution in [2.24, 2.45) is 0 Å². The highest BCUT2D eigenvalue weighted by atomic mass is 16.6. The molecule has 0 bridgehead atoms. The molecule has 0 aromatic heterocycles. The van der Waals surface area contributed by atoms with E-state index in [0.29, 0.717) is 0 Å². The Morgan fingerprint density at radius 1 is 0.955 bits per heavy atom. The average Bonchev–Trinajstić information content (AvgIpc) is 2.39. The van der Waals surface area contributed by atoms with Crippen molar-refractivity contribution in [1.29, 1.82) is 0 Å². The predicted octanol–water partition coefficient (Wildman–Crippen LogP) is 0.875. The van der Waals surface area contributed by atoms with Crippen LogP contribution < -0.4 is 0 Å². The van der Waals surface area contributed by atoms with Crippen molar-refractivity contribution in [3.63, 3.8) is 0 Å². The van der Waals surface area contributed by atoms with E-state index in [1.54, 1.807) is 20.8 Å². The first kappa shape index (κ1) is 22.2. The fraction of sp³-hybridized carbons (Fsp3) is 0.643. The van der Waals surface area contributed by atoms with Gasteiger partial charge in [0.05, 0.1) is 38.9 Å². The number of hydrogen-bond donors (Lipinski definition) is 2. The van der Waals surface area contributed by atoms with E-state index in [1.807, 2.05) is 0 Å². The van der Waals surface area contributed by atoms with Gasteiger partial charge in [0.15, 0.2) is 5.60 Å². The minimum absolute atomic E-state index is 0.0206. The molecule has 0 spiro atoms. The second-order valence-corrected chi connectivity index (χ2v) is 3.90. The van der Waals surface area contributed by atoms with Gasteiger partial charge < -0.3 is 24.4 Å². The lowest BCUT2D eigenvalue weighted by atomic mass is 9.95. The number of ether oxygens (including phenoxy) is 3. The molecule has 0 aromatic rings. The summed E-state index contributed by atoms with van der Waals surface area (Å²) in [4.78, 5) is 34.4. The van der Waals surface area contributed by atoms with Crippen LogP contribution in [-0.2, 0) is 28.6 Å². The Bertz CT molecular complexity index is 344. The van der Waals surface area contributed by atoms with Gasteiger partial charge in [-0.1, -0.05) is 6.58 Å². The molecule has 0 aliphatic heterocycles. The zero-order valence-electron chi connectivity index (χ0n) is 13.2. The molecule has 128 valence electrons. The van der Waals surface area contributed by atoms with Crippen molar-refractivity contribution in [1.82, 2.24) is 0 Å². The zero-order chi connectivity index (χ0) is 17.6. The van der Waals surface area contributed by atoms with Gasteiger partial charge in [-0.2, -0.15) is 0 Å². The average molecular weight is 320 g/mol. The summed E-state index contributed by atoms with van der Waals surface area (Å²) in [5.41, 5.74) is -2.26. The third-order valence-electron chi connectivity index (χ3n) is 2.14. The zero-order valence-corrected chi connectivity index (χ0v) is 13.2. The van der Waals surface area contributed by atoms with E-state index < -0.39 is 36.4 Å². The maximum Gasteiger partial charge on any atom is 0.339 e. The summed E-state index contributed by atoms with van der Waals surface area (Å²) in [5.74, 6) is -2.62. The molecular formula is C14H24O8. The summed E-state index contributed by atoms with van der Waals surface area (Å²) in [7, 11) is 0. The Morgan fingerprint density at radius 3 is 1.55 bits per heavy atom. The highest BCUT2D eigenvalue weighted by Gasteiger charge is 2.43. The lowest BCUT2D eigenvalue weighted by Crippen LogP contribution is -2.44. The first-order valence-corrected chi connectivity index (χ1v) is 6.77. The number of aliphatic hydroxyl groups is 2. The van der Waals surface area contributed by atoms with Crippen LogP contribution in [0.2, 0.25) is 0 Å². The Morgan fingerprint density at radius 2 is 1.27 bits per heavy atom. The van der Waals surface area contributed by atoms with E-state index >= 15 is 0 Å². The van der Waals surface area contributed by atoms with Gasteiger partial charge in [0.1, 0.15) is 0 Å². The molecule has 0 aliphatic carbocycles. The largest absolute Gasteiger partial charge is 0.516 e. The van der Waals surface area contributed by atoms with E-state index in [2.05, 4.69) is 20.8 Å². The van der Waals surface area contributed by atoms with Crippen molar-refractivity contribution in [3.8, 4) is 0 Å². The molecule has 0 aliphatic rings. The van der Waals surface area contributed by atoms with Gasteiger partial charge >= 0.3 is 17.9 Å². The quantitative estimate of drug-likeness (QED) is 0.384. The molecule has 0 rings (SSSR count). The maximum absolute atomic E-state index is 11.7. The van der Waals surface area contributed by atoms with Gasteiger partial charge in [-0.15, -0.1) is 0 Å². The molecule has 0 atom stereocenters. The van der Waals surface area contributed by atoms with Crippen molar-refractivity contribution in [3.05, 3.63) is 12.8 Å². The number of carbonyl (C=O) groups is 3. The summed E-state index contributed by atoms with van der Waals surface area (Å²) in [6.07, 6.45) is -0.559. The van der Waals surface area contributed by atoms with Crippen LogP contribution in [0, 0.1) is 0 Å². The van der Waals surface area contributed by atoms with Gasteiger partial charge in [-0.3, -0.25) is 9.59 Å². The Balaban J connectivity index is 0. The third-order valence-corrected chi connectivity index (χ3v) is 2.14. The summed E-state index contributed by atoms with van der Waals surface area (Å²) < 4.78 is 14.0. The molecule has 0 fully saturated rings. The van der Waals surface area contributed by atoms with E-state index in [9.17, 15) is 19.5 Å². The van der Waals surface area contributed by atoms with Gasteiger partial charge in [-0.25, -0.2) is 4.79 Å². The summed E-state index contributed by atoms with van der Waals surface area (Å²) in [6, 6.07) is 0. The van der Waals surface area contributed by atoms with Gasteiger partial charge in [0, 0.05) is 0 Å². The first-order chi connectivity index (χ1) is 10.3. The molecular weight excluding hydrogens is 296 g/mol. The van der Waals surface area contributed by atoms with Crippen LogP contribution >= 0.6 is 0 Å². The lowest BCUT2D eigenvalue weighted by molar-refractivity contribution is -0.177. The van der Waals surface area contributed by atoms with E-state index in [4.69, 9.17) is 5.11 Å². The van der Waals surface area contributed by atoms with Crippen LogP contribution in [0.1, 0.15) is 33.6 Å². The summed E-state index contributed by atoms with van der Waals surface area (Å²) in [5, 5.41) is 17.5. The number of aliphatic hydroxyl groups excluding tert-OH is 1. The van der Waals surface area contributed by atoms with E-state index in [-0.39, 0.29) is 19.8 Å². The highest BCUT2D eigenvalue weighted by Crippen LogP contribution is 2.19. The minimum atomic E-state index is -2.26. The molecule has 0 saturated carbocycles. The number of esters is 3. The summed E-state index contributed by atoms with van der Waals surface area (Å²) >= 11 is 0. The van der Waals surface area contributed by atoms with Gasteiger partial charge in [0.25, 0.3) is 0 Å². The van der Waals surface area contributed by atoms with Crippen molar-refractivity contribution < 1.29 is 38.8 Å². The monoisotopic (exact) mass is 320 g/mol. The number of rotatable bonds is 8. The molecule has 0 aromatic carbocycles. The molecule has 0 unspecified atom stereocenters. The lowest BCUT2D eigenvalue weighted by Gasteiger charge is -2.23. The predicted molar refractivity (Wildman–Crippen MR) is 76.9 cm³/mol.